The number of methoxy groups -OCH3 is 2. The fourth-order valence-electron chi connectivity index (χ4n) is 3.02. The van der Waals surface area contributed by atoms with E-state index in [2.05, 4.69) is 15.5 Å². The van der Waals surface area contributed by atoms with Crippen LogP contribution >= 0.6 is 23.4 Å². The van der Waals surface area contributed by atoms with Crippen LogP contribution in [0.4, 0.5) is 11.4 Å². The smallest absolute Gasteiger partial charge is 0.273 e. The summed E-state index contributed by atoms with van der Waals surface area (Å²) in [5.74, 6) is 0.534. The van der Waals surface area contributed by atoms with Gasteiger partial charge in [-0.1, -0.05) is 35.5 Å². The molecule has 3 rings (SSSR count). The van der Waals surface area contributed by atoms with Crippen molar-refractivity contribution >= 4 is 40.6 Å². The molecule has 0 aliphatic carbocycles. The summed E-state index contributed by atoms with van der Waals surface area (Å²) in [4.78, 5) is 23.0. The number of aromatic nitrogens is 3. The van der Waals surface area contributed by atoms with Gasteiger partial charge in [-0.05, 0) is 24.6 Å². The maximum Gasteiger partial charge on any atom is 0.273 e. The molecule has 1 N–H and O–H groups in total. The number of amides is 1. The Morgan fingerprint density at radius 3 is 2.73 bits per heavy atom. The van der Waals surface area contributed by atoms with E-state index < -0.39 is 4.92 Å². The number of nitro benzene ring substituents is 1. The van der Waals surface area contributed by atoms with E-state index in [-0.39, 0.29) is 23.1 Å². The van der Waals surface area contributed by atoms with E-state index in [9.17, 15) is 14.9 Å². The average molecular weight is 492 g/mol. The number of halogens is 1. The topological polar surface area (TPSA) is 121 Å². The van der Waals surface area contributed by atoms with Gasteiger partial charge in [-0.3, -0.25) is 14.9 Å². The monoisotopic (exact) mass is 491 g/mol. The molecule has 174 valence electrons. The molecule has 1 heterocycles. The number of anilines is 1. The quantitative estimate of drug-likeness (QED) is 0.182. The molecule has 0 radical (unpaired) electrons. The van der Waals surface area contributed by atoms with Crippen molar-refractivity contribution in [2.24, 2.45) is 0 Å². The Balaban J connectivity index is 1.75. The van der Waals surface area contributed by atoms with Crippen molar-refractivity contribution in [3.8, 4) is 17.1 Å². The molecular weight excluding hydrogens is 470 g/mol. The molecule has 2 aromatic carbocycles. The van der Waals surface area contributed by atoms with E-state index in [4.69, 9.17) is 21.1 Å². The zero-order valence-corrected chi connectivity index (χ0v) is 19.6. The van der Waals surface area contributed by atoms with Crippen LogP contribution in [-0.2, 0) is 16.1 Å². The minimum Gasteiger partial charge on any atom is -0.494 e. The van der Waals surface area contributed by atoms with Crippen molar-refractivity contribution in [1.29, 1.82) is 0 Å². The molecule has 0 aliphatic rings. The second-order valence-corrected chi connectivity index (χ2v) is 8.11. The predicted molar refractivity (Wildman–Crippen MR) is 126 cm³/mol. The highest BCUT2D eigenvalue weighted by Gasteiger charge is 2.18. The summed E-state index contributed by atoms with van der Waals surface area (Å²) in [6, 6.07) is 11.3. The van der Waals surface area contributed by atoms with Gasteiger partial charge in [-0.15, -0.1) is 10.2 Å². The van der Waals surface area contributed by atoms with Crippen LogP contribution in [0.1, 0.15) is 6.42 Å². The van der Waals surface area contributed by atoms with Crippen LogP contribution < -0.4 is 10.1 Å². The molecule has 0 spiro atoms. The van der Waals surface area contributed by atoms with Crippen molar-refractivity contribution in [3.05, 3.63) is 57.6 Å². The van der Waals surface area contributed by atoms with Crippen LogP contribution in [0.3, 0.4) is 0 Å². The maximum absolute atomic E-state index is 12.6. The first kappa shape index (κ1) is 24.5. The summed E-state index contributed by atoms with van der Waals surface area (Å²) >= 11 is 7.57. The van der Waals surface area contributed by atoms with E-state index >= 15 is 0 Å². The third-order valence-electron chi connectivity index (χ3n) is 4.56. The van der Waals surface area contributed by atoms with Gasteiger partial charge in [0.05, 0.1) is 34.6 Å². The molecule has 0 saturated heterocycles. The molecule has 0 fully saturated rings. The van der Waals surface area contributed by atoms with Crippen LogP contribution in [0, 0.1) is 10.1 Å². The number of nitro groups is 1. The Morgan fingerprint density at radius 2 is 2.03 bits per heavy atom. The number of rotatable bonds is 11. The third kappa shape index (κ3) is 6.21. The summed E-state index contributed by atoms with van der Waals surface area (Å²) in [6.45, 7) is 1.15. The Hall–Kier alpha value is -3.15. The van der Waals surface area contributed by atoms with Crippen molar-refractivity contribution < 1.29 is 19.2 Å². The van der Waals surface area contributed by atoms with E-state index in [1.165, 1.54) is 37.1 Å². The normalized spacial score (nSPS) is 10.8. The highest BCUT2D eigenvalue weighted by Crippen LogP contribution is 2.31. The van der Waals surface area contributed by atoms with Crippen molar-refractivity contribution in [1.82, 2.24) is 14.8 Å². The van der Waals surface area contributed by atoms with Gasteiger partial charge in [0.15, 0.2) is 11.0 Å². The predicted octanol–water partition coefficient (Wildman–Crippen LogP) is 4.28. The number of benzene rings is 2. The van der Waals surface area contributed by atoms with Gasteiger partial charge in [-0.25, -0.2) is 0 Å². The molecule has 0 bridgehead atoms. The van der Waals surface area contributed by atoms with E-state index in [1.54, 1.807) is 13.2 Å². The number of nitrogens with zero attached hydrogens (tertiary/aromatic N) is 4. The first-order chi connectivity index (χ1) is 15.9. The van der Waals surface area contributed by atoms with Gasteiger partial charge in [-0.2, -0.15) is 0 Å². The SMILES string of the molecule is COCCCn1c(SCC(=O)Nc2ccc([N+](=O)[O-])cc2OC)nnc1-c1ccccc1Cl. The molecule has 3 aromatic rings. The second-order valence-electron chi connectivity index (χ2n) is 6.76. The number of hydrogen-bond donors (Lipinski definition) is 1. The first-order valence-corrected chi connectivity index (χ1v) is 11.2. The van der Waals surface area contributed by atoms with Crippen molar-refractivity contribution in [2.45, 2.75) is 18.1 Å². The zero-order chi connectivity index (χ0) is 23.8. The number of carbonyl (C=O) groups excluding carboxylic acids is 1. The number of ether oxygens (including phenoxy) is 2. The highest BCUT2D eigenvalue weighted by molar-refractivity contribution is 7.99. The van der Waals surface area contributed by atoms with Gasteiger partial charge in [0.25, 0.3) is 5.69 Å². The number of hydrogen-bond acceptors (Lipinski definition) is 8. The van der Waals surface area contributed by atoms with Crippen LogP contribution in [0.15, 0.2) is 47.6 Å². The van der Waals surface area contributed by atoms with Gasteiger partial charge in [0.2, 0.25) is 5.91 Å². The molecule has 0 unspecified atom stereocenters. The molecule has 10 nitrogen and oxygen atoms in total. The largest absolute Gasteiger partial charge is 0.494 e. The van der Waals surface area contributed by atoms with Crippen LogP contribution in [0.25, 0.3) is 11.4 Å². The van der Waals surface area contributed by atoms with Crippen molar-refractivity contribution in [2.75, 3.05) is 31.9 Å². The van der Waals surface area contributed by atoms with E-state index in [0.717, 1.165) is 12.0 Å². The molecule has 0 saturated carbocycles. The lowest BCUT2D eigenvalue weighted by atomic mass is 10.2. The van der Waals surface area contributed by atoms with E-state index in [0.29, 0.717) is 34.8 Å². The molecule has 1 amide bonds. The highest BCUT2D eigenvalue weighted by atomic mass is 35.5. The molecule has 33 heavy (non-hydrogen) atoms. The fourth-order valence-corrected chi connectivity index (χ4v) is 4.00. The second kappa shape index (κ2) is 11.6. The van der Waals surface area contributed by atoms with Crippen molar-refractivity contribution in [3.63, 3.8) is 0 Å². The molecule has 0 atom stereocenters. The van der Waals surface area contributed by atoms with Crippen LogP contribution in [0.5, 0.6) is 5.75 Å². The lowest BCUT2D eigenvalue weighted by Gasteiger charge is -2.12. The van der Waals surface area contributed by atoms with Gasteiger partial charge in [0, 0.05) is 31.9 Å². The zero-order valence-electron chi connectivity index (χ0n) is 18.0. The Bertz CT molecular complexity index is 1140. The maximum atomic E-state index is 12.6. The number of carbonyl (C=O) groups is 1. The molecule has 12 heteroatoms. The molecule has 1 aromatic heterocycles. The standard InChI is InChI=1S/C21H22ClN5O5S/c1-31-11-5-10-26-20(15-6-3-4-7-16(15)22)24-25-21(26)33-13-19(28)23-17-9-8-14(27(29)30)12-18(17)32-2/h3-4,6-9,12H,5,10-11,13H2,1-2H3,(H,23,28). The summed E-state index contributed by atoms with van der Waals surface area (Å²) in [5, 5.41) is 23.3. The fraction of sp³-hybridized carbons (Fsp3) is 0.286. The lowest BCUT2D eigenvalue weighted by Crippen LogP contribution is -2.15. The minimum atomic E-state index is -0.531. The number of thioether (sulfide) groups is 1. The summed E-state index contributed by atoms with van der Waals surface area (Å²) in [7, 11) is 3.01. The Labute approximate surface area is 199 Å². The number of nitrogens with one attached hydrogen (secondary N) is 1. The Kier molecular flexibility index (Phi) is 8.64. The molecular formula is C21H22ClN5O5S. The summed E-state index contributed by atoms with van der Waals surface area (Å²) in [5.41, 5.74) is 0.957. The van der Waals surface area contributed by atoms with E-state index in [1.807, 2.05) is 22.8 Å². The van der Waals surface area contributed by atoms with Gasteiger partial charge in [0.1, 0.15) is 5.75 Å². The lowest BCUT2D eigenvalue weighted by molar-refractivity contribution is -0.384. The summed E-state index contributed by atoms with van der Waals surface area (Å²) in [6.07, 6.45) is 0.728. The summed E-state index contributed by atoms with van der Waals surface area (Å²) < 4.78 is 12.2. The average Bonchev–Trinajstić information content (AvgIpc) is 3.20. The van der Waals surface area contributed by atoms with Crippen LogP contribution in [0.2, 0.25) is 5.02 Å². The minimum absolute atomic E-state index is 0.0467. The third-order valence-corrected chi connectivity index (χ3v) is 5.86. The van der Waals surface area contributed by atoms with Gasteiger partial charge >= 0.3 is 0 Å². The number of non-ortho nitro benzene ring substituents is 1. The first-order valence-electron chi connectivity index (χ1n) is 9.86. The molecule has 0 aliphatic heterocycles. The van der Waals surface area contributed by atoms with Gasteiger partial charge < -0.3 is 19.4 Å². The van der Waals surface area contributed by atoms with Crippen LogP contribution in [-0.4, -0.2) is 52.2 Å². The Morgan fingerprint density at radius 1 is 1.24 bits per heavy atom.